The van der Waals surface area contributed by atoms with E-state index in [1.54, 1.807) is 17.0 Å². The minimum absolute atomic E-state index is 0.0107. The fourth-order valence-corrected chi connectivity index (χ4v) is 2.86. The van der Waals surface area contributed by atoms with Gasteiger partial charge in [-0.25, -0.2) is 0 Å². The van der Waals surface area contributed by atoms with E-state index in [9.17, 15) is 4.79 Å². The fourth-order valence-electron chi connectivity index (χ4n) is 1.86. The summed E-state index contributed by atoms with van der Waals surface area (Å²) in [4.78, 5) is 14.4. The fraction of sp³-hybridized carbons (Fsp3) is 0.500. The van der Waals surface area contributed by atoms with Crippen LogP contribution in [0.25, 0.3) is 0 Å². The van der Waals surface area contributed by atoms with Crippen LogP contribution in [0, 0.1) is 0 Å². The van der Waals surface area contributed by atoms with Gasteiger partial charge in [-0.2, -0.15) is 0 Å². The second-order valence-electron chi connectivity index (χ2n) is 3.58. The number of carbonyl (C=O) groups is 1. The Balaban J connectivity index is 2.13. The molecule has 1 atom stereocenters. The van der Waals surface area contributed by atoms with E-state index < -0.39 is 0 Å². The Morgan fingerprint density at radius 3 is 3.07 bits per heavy atom. The normalized spacial score (nSPS) is 20.9. The SMILES string of the molecule is O=C(c1ccc(Cl)s1)N1CCC[C@@H]1CO. The van der Waals surface area contributed by atoms with Crippen LogP contribution in [0.4, 0.5) is 0 Å². The molecule has 0 aliphatic carbocycles. The van der Waals surface area contributed by atoms with Gasteiger partial charge in [-0.3, -0.25) is 4.79 Å². The monoisotopic (exact) mass is 245 g/mol. The topological polar surface area (TPSA) is 40.5 Å². The van der Waals surface area contributed by atoms with Crippen molar-refractivity contribution in [2.24, 2.45) is 0 Å². The van der Waals surface area contributed by atoms with E-state index in [2.05, 4.69) is 0 Å². The second kappa shape index (κ2) is 4.51. The van der Waals surface area contributed by atoms with Crippen molar-refractivity contribution in [1.29, 1.82) is 0 Å². The zero-order valence-corrected chi connectivity index (χ0v) is 9.72. The Kier molecular flexibility index (Phi) is 3.29. The highest BCUT2D eigenvalue weighted by atomic mass is 35.5. The molecule has 82 valence electrons. The molecule has 3 nitrogen and oxygen atoms in total. The van der Waals surface area contributed by atoms with Crippen molar-refractivity contribution in [3.63, 3.8) is 0 Å². The van der Waals surface area contributed by atoms with Crippen LogP contribution in [-0.4, -0.2) is 35.1 Å². The van der Waals surface area contributed by atoms with Crippen molar-refractivity contribution < 1.29 is 9.90 Å². The van der Waals surface area contributed by atoms with Gasteiger partial charge in [-0.15, -0.1) is 11.3 Å². The summed E-state index contributed by atoms with van der Waals surface area (Å²) >= 11 is 7.07. The maximum absolute atomic E-state index is 12.0. The molecule has 1 fully saturated rings. The molecule has 1 N–H and O–H groups in total. The predicted octanol–water partition coefficient (Wildman–Crippen LogP) is 2.00. The number of hydrogen-bond donors (Lipinski definition) is 1. The molecule has 15 heavy (non-hydrogen) atoms. The molecule has 1 aliphatic rings. The molecule has 1 aliphatic heterocycles. The molecule has 5 heteroatoms. The third kappa shape index (κ3) is 2.17. The van der Waals surface area contributed by atoms with Gasteiger partial charge in [0.1, 0.15) is 0 Å². The van der Waals surface area contributed by atoms with Crippen LogP contribution in [0.2, 0.25) is 4.34 Å². The zero-order chi connectivity index (χ0) is 10.8. The highest BCUT2D eigenvalue weighted by Gasteiger charge is 2.29. The summed E-state index contributed by atoms with van der Waals surface area (Å²) in [6, 6.07) is 3.45. The van der Waals surface area contributed by atoms with E-state index >= 15 is 0 Å². The Morgan fingerprint density at radius 1 is 1.67 bits per heavy atom. The van der Waals surface area contributed by atoms with E-state index in [0.717, 1.165) is 19.4 Å². The van der Waals surface area contributed by atoms with Gasteiger partial charge in [0.15, 0.2) is 0 Å². The molecule has 0 aromatic carbocycles. The van der Waals surface area contributed by atoms with Crippen LogP contribution in [-0.2, 0) is 0 Å². The van der Waals surface area contributed by atoms with Gasteiger partial charge in [-0.1, -0.05) is 11.6 Å². The first kappa shape index (κ1) is 10.9. The number of rotatable bonds is 2. The third-order valence-corrected chi connectivity index (χ3v) is 3.85. The van der Waals surface area contributed by atoms with Crippen molar-refractivity contribution in [2.75, 3.05) is 13.2 Å². The molecule has 0 unspecified atom stereocenters. The van der Waals surface area contributed by atoms with Crippen molar-refractivity contribution in [3.8, 4) is 0 Å². The average Bonchev–Trinajstić information content (AvgIpc) is 2.84. The maximum Gasteiger partial charge on any atom is 0.264 e. The summed E-state index contributed by atoms with van der Waals surface area (Å²) in [7, 11) is 0. The first-order valence-electron chi connectivity index (χ1n) is 4.89. The molecule has 0 radical (unpaired) electrons. The smallest absolute Gasteiger partial charge is 0.264 e. The molecular formula is C10H12ClNO2S. The minimum Gasteiger partial charge on any atom is -0.394 e. The van der Waals surface area contributed by atoms with Crippen molar-refractivity contribution >= 4 is 28.8 Å². The molecule has 0 saturated carbocycles. The van der Waals surface area contributed by atoms with Crippen molar-refractivity contribution in [2.45, 2.75) is 18.9 Å². The lowest BCUT2D eigenvalue weighted by atomic mass is 10.2. The van der Waals surface area contributed by atoms with Crippen LogP contribution in [0.3, 0.4) is 0 Å². The maximum atomic E-state index is 12.0. The number of nitrogens with zero attached hydrogens (tertiary/aromatic N) is 1. The Labute approximate surface area is 97.3 Å². The molecule has 1 aromatic heterocycles. The van der Waals surface area contributed by atoms with Gasteiger partial charge in [0.25, 0.3) is 5.91 Å². The molecule has 1 aromatic rings. The summed E-state index contributed by atoms with van der Waals surface area (Å²) in [6.07, 6.45) is 1.86. The van der Waals surface area contributed by atoms with Gasteiger partial charge in [0.2, 0.25) is 0 Å². The molecule has 1 amide bonds. The quantitative estimate of drug-likeness (QED) is 0.866. The Bertz CT molecular complexity index is 366. The highest BCUT2D eigenvalue weighted by Crippen LogP contribution is 2.26. The third-order valence-electron chi connectivity index (χ3n) is 2.63. The lowest BCUT2D eigenvalue weighted by Gasteiger charge is -2.22. The van der Waals surface area contributed by atoms with Crippen LogP contribution in [0.15, 0.2) is 12.1 Å². The number of aliphatic hydroxyl groups is 1. The molecule has 0 bridgehead atoms. The first-order valence-corrected chi connectivity index (χ1v) is 6.09. The van der Waals surface area contributed by atoms with Crippen LogP contribution < -0.4 is 0 Å². The van der Waals surface area contributed by atoms with Gasteiger partial charge >= 0.3 is 0 Å². The number of halogens is 1. The van der Waals surface area contributed by atoms with Gasteiger partial charge in [0.05, 0.1) is 21.9 Å². The molecular weight excluding hydrogens is 234 g/mol. The highest BCUT2D eigenvalue weighted by molar-refractivity contribution is 7.17. The number of aliphatic hydroxyl groups excluding tert-OH is 1. The van der Waals surface area contributed by atoms with E-state index in [1.807, 2.05) is 0 Å². The summed E-state index contributed by atoms with van der Waals surface area (Å²) < 4.78 is 0.623. The Hall–Kier alpha value is -0.580. The molecule has 1 saturated heterocycles. The summed E-state index contributed by atoms with van der Waals surface area (Å²) in [5.74, 6) is -0.0107. The van der Waals surface area contributed by atoms with E-state index in [-0.39, 0.29) is 18.6 Å². The van der Waals surface area contributed by atoms with Gasteiger partial charge < -0.3 is 10.0 Å². The number of hydrogen-bond acceptors (Lipinski definition) is 3. The predicted molar refractivity (Wildman–Crippen MR) is 60.5 cm³/mol. The number of amides is 1. The lowest BCUT2D eigenvalue weighted by molar-refractivity contribution is 0.0682. The molecule has 2 heterocycles. The van der Waals surface area contributed by atoms with Crippen molar-refractivity contribution in [1.82, 2.24) is 4.90 Å². The lowest BCUT2D eigenvalue weighted by Crippen LogP contribution is -2.37. The first-order chi connectivity index (χ1) is 7.22. The van der Waals surface area contributed by atoms with Crippen molar-refractivity contribution in [3.05, 3.63) is 21.3 Å². The zero-order valence-electron chi connectivity index (χ0n) is 8.15. The summed E-state index contributed by atoms with van der Waals surface area (Å²) in [6.45, 7) is 0.782. The van der Waals surface area contributed by atoms with Crippen LogP contribution in [0.1, 0.15) is 22.5 Å². The van der Waals surface area contributed by atoms with Gasteiger partial charge in [0, 0.05) is 6.54 Å². The standard InChI is InChI=1S/C10H12ClNO2S/c11-9-4-3-8(15-9)10(14)12-5-1-2-7(12)6-13/h3-4,7,13H,1-2,5-6H2/t7-/m1/s1. The number of likely N-dealkylation sites (tertiary alicyclic amines) is 1. The number of carbonyl (C=O) groups excluding carboxylic acids is 1. The number of thiophene rings is 1. The molecule has 0 spiro atoms. The second-order valence-corrected chi connectivity index (χ2v) is 5.30. The largest absolute Gasteiger partial charge is 0.394 e. The van der Waals surface area contributed by atoms with Gasteiger partial charge in [-0.05, 0) is 25.0 Å². The van der Waals surface area contributed by atoms with E-state index in [0.29, 0.717) is 9.21 Å². The Morgan fingerprint density at radius 2 is 2.47 bits per heavy atom. The summed E-state index contributed by atoms with van der Waals surface area (Å²) in [5, 5.41) is 9.12. The average molecular weight is 246 g/mol. The minimum atomic E-state index is -0.0154. The van der Waals surface area contributed by atoms with Crippen LogP contribution in [0.5, 0.6) is 0 Å². The molecule has 2 rings (SSSR count). The summed E-state index contributed by atoms with van der Waals surface area (Å²) in [5.41, 5.74) is 0. The van der Waals surface area contributed by atoms with Crippen LogP contribution >= 0.6 is 22.9 Å². The van der Waals surface area contributed by atoms with E-state index in [1.165, 1.54) is 11.3 Å². The van der Waals surface area contributed by atoms with E-state index in [4.69, 9.17) is 16.7 Å².